The molecule has 0 spiro atoms. The zero-order chi connectivity index (χ0) is 22.0. The second kappa shape index (κ2) is 8.17. The molecule has 4 nitrogen and oxygen atoms in total. The minimum Gasteiger partial charge on any atom is -0.215 e. The van der Waals surface area contributed by atoms with Gasteiger partial charge in [-0.1, -0.05) is 78.9 Å². The Morgan fingerprint density at radius 2 is 1.09 bits per heavy atom. The molecule has 6 aromatic rings. The summed E-state index contributed by atoms with van der Waals surface area (Å²) in [5.41, 5.74) is 8.37. The molecule has 4 heteroatoms. The molecule has 0 aliphatic heterocycles. The highest BCUT2D eigenvalue weighted by molar-refractivity contribution is 5.77. The first kappa shape index (κ1) is 19.1. The van der Waals surface area contributed by atoms with Crippen molar-refractivity contribution in [1.29, 1.82) is 0 Å². The van der Waals surface area contributed by atoms with E-state index in [9.17, 15) is 0 Å². The second-order valence-corrected chi connectivity index (χ2v) is 7.90. The molecule has 0 unspecified atom stereocenters. The van der Waals surface area contributed by atoms with Gasteiger partial charge in [-0.05, 0) is 52.6 Å². The van der Waals surface area contributed by atoms with Crippen molar-refractivity contribution in [2.24, 2.45) is 0 Å². The molecule has 0 radical (unpaired) electrons. The summed E-state index contributed by atoms with van der Waals surface area (Å²) < 4.78 is 4.20. The van der Waals surface area contributed by atoms with Crippen molar-refractivity contribution in [2.75, 3.05) is 0 Å². The van der Waals surface area contributed by atoms with Crippen molar-refractivity contribution in [3.05, 3.63) is 128 Å². The van der Waals surface area contributed by atoms with E-state index < -0.39 is 0 Å². The van der Waals surface area contributed by atoms with Gasteiger partial charge in [-0.2, -0.15) is 4.57 Å². The Bertz CT molecular complexity index is 1480. The first-order valence-electron chi connectivity index (χ1n) is 10.9. The summed E-state index contributed by atoms with van der Waals surface area (Å²) in [7, 11) is 0. The average molecular weight is 426 g/mol. The van der Waals surface area contributed by atoms with Crippen molar-refractivity contribution in [3.8, 4) is 33.6 Å². The Hall–Kier alpha value is -4.57. The number of imidazole rings is 1. The van der Waals surface area contributed by atoms with Crippen molar-refractivity contribution in [1.82, 2.24) is 14.5 Å². The van der Waals surface area contributed by atoms with Gasteiger partial charge in [0.15, 0.2) is 0 Å². The van der Waals surface area contributed by atoms with Crippen LogP contribution in [0.1, 0.15) is 0 Å². The quantitative estimate of drug-likeness (QED) is 0.323. The molecule has 6 rings (SSSR count). The van der Waals surface area contributed by atoms with Gasteiger partial charge in [0.2, 0.25) is 6.33 Å². The zero-order valence-corrected chi connectivity index (χ0v) is 17.9. The van der Waals surface area contributed by atoms with Gasteiger partial charge in [-0.15, -0.1) is 4.98 Å². The summed E-state index contributed by atoms with van der Waals surface area (Å²) in [5.74, 6) is 0. The maximum atomic E-state index is 4.69. The van der Waals surface area contributed by atoms with Crippen LogP contribution in [0.3, 0.4) is 0 Å². The summed E-state index contributed by atoms with van der Waals surface area (Å²) in [5, 5.41) is 0. The van der Waals surface area contributed by atoms with E-state index in [0.29, 0.717) is 0 Å². The molecular formula is C29H21N4+. The molecule has 0 saturated heterocycles. The maximum absolute atomic E-state index is 4.69. The third-order valence-electron chi connectivity index (χ3n) is 5.79. The smallest absolute Gasteiger partial charge is 0.215 e. The zero-order valence-electron chi connectivity index (χ0n) is 17.9. The number of para-hydroxylation sites is 1. The van der Waals surface area contributed by atoms with Crippen LogP contribution in [0.5, 0.6) is 0 Å². The Labute approximate surface area is 192 Å². The maximum Gasteiger partial charge on any atom is 0.327 e. The lowest BCUT2D eigenvalue weighted by atomic mass is 9.98. The highest BCUT2D eigenvalue weighted by Gasteiger charge is 2.21. The molecular weight excluding hydrogens is 404 g/mol. The fourth-order valence-electron chi connectivity index (χ4n) is 4.20. The fraction of sp³-hybridized carbons (Fsp3) is 0. The van der Waals surface area contributed by atoms with Gasteiger partial charge in [-0.3, -0.25) is 0 Å². The number of hydrogen-bond acceptors (Lipinski definition) is 2. The molecule has 33 heavy (non-hydrogen) atoms. The predicted octanol–water partition coefficient (Wildman–Crippen LogP) is 6.03. The second-order valence-electron chi connectivity index (χ2n) is 7.90. The minimum atomic E-state index is 0.811. The van der Waals surface area contributed by atoms with Gasteiger partial charge < -0.3 is 0 Å². The van der Waals surface area contributed by atoms with Gasteiger partial charge >= 0.3 is 5.65 Å². The molecule has 0 aliphatic rings. The molecule has 2 aromatic heterocycles. The van der Waals surface area contributed by atoms with Crippen LogP contribution in [0, 0.1) is 0 Å². The number of hydrogen-bond donors (Lipinski definition) is 0. The van der Waals surface area contributed by atoms with E-state index in [2.05, 4.69) is 104 Å². The van der Waals surface area contributed by atoms with Gasteiger partial charge in [0.1, 0.15) is 17.6 Å². The third kappa shape index (κ3) is 3.58. The summed E-state index contributed by atoms with van der Waals surface area (Å²) in [6.07, 6.45) is 5.55. The molecule has 0 fully saturated rings. The first-order chi connectivity index (χ1) is 16.4. The van der Waals surface area contributed by atoms with E-state index >= 15 is 0 Å². The van der Waals surface area contributed by atoms with E-state index in [1.807, 2.05) is 30.3 Å². The third-order valence-corrected chi connectivity index (χ3v) is 5.79. The number of fused-ring (bicyclic) bond motifs is 1. The molecule has 0 saturated carbocycles. The van der Waals surface area contributed by atoms with Crippen LogP contribution < -0.4 is 4.57 Å². The molecule has 0 atom stereocenters. The van der Waals surface area contributed by atoms with Crippen LogP contribution in [-0.4, -0.2) is 14.5 Å². The lowest BCUT2D eigenvalue weighted by Gasteiger charge is -2.10. The summed E-state index contributed by atoms with van der Waals surface area (Å²) in [4.78, 5) is 9.33. The first-order valence-corrected chi connectivity index (χ1v) is 10.9. The number of benzene rings is 4. The molecule has 0 aliphatic carbocycles. The topological polar surface area (TPSA) is 34.6 Å². The Morgan fingerprint density at radius 1 is 0.545 bits per heavy atom. The minimum absolute atomic E-state index is 0.811. The van der Waals surface area contributed by atoms with Gasteiger partial charge in [0, 0.05) is 0 Å². The van der Waals surface area contributed by atoms with Crippen LogP contribution in [-0.2, 0) is 0 Å². The van der Waals surface area contributed by atoms with Crippen molar-refractivity contribution >= 4 is 11.3 Å². The van der Waals surface area contributed by atoms with E-state index in [1.54, 1.807) is 12.4 Å². The number of aromatic nitrogens is 4. The van der Waals surface area contributed by atoms with Crippen LogP contribution in [0.4, 0.5) is 0 Å². The molecule has 2 heterocycles. The summed E-state index contributed by atoms with van der Waals surface area (Å²) in [6, 6.07) is 37.9. The highest BCUT2D eigenvalue weighted by atomic mass is 15.2. The average Bonchev–Trinajstić information content (AvgIpc) is 3.30. The van der Waals surface area contributed by atoms with Crippen LogP contribution in [0.25, 0.3) is 44.9 Å². The highest BCUT2D eigenvalue weighted by Crippen LogP contribution is 2.30. The van der Waals surface area contributed by atoms with Crippen molar-refractivity contribution in [2.45, 2.75) is 0 Å². The van der Waals surface area contributed by atoms with E-state index in [-0.39, 0.29) is 0 Å². The Morgan fingerprint density at radius 3 is 1.70 bits per heavy atom. The van der Waals surface area contributed by atoms with E-state index in [0.717, 1.165) is 33.8 Å². The van der Waals surface area contributed by atoms with Crippen LogP contribution >= 0.6 is 0 Å². The van der Waals surface area contributed by atoms with Gasteiger partial charge in [0.05, 0.1) is 6.20 Å². The Balaban J connectivity index is 1.61. The van der Waals surface area contributed by atoms with Crippen LogP contribution in [0.15, 0.2) is 128 Å². The summed E-state index contributed by atoms with van der Waals surface area (Å²) >= 11 is 0. The van der Waals surface area contributed by atoms with Gasteiger partial charge in [0.25, 0.3) is 5.65 Å². The molecule has 0 bridgehead atoms. The SMILES string of the molecule is c1ccc(-c2cc(-c3ccccc3)cc(-n3c[n+](-c4ccccc4)c4nccnc43)c2)cc1. The lowest BCUT2D eigenvalue weighted by Crippen LogP contribution is -2.29. The van der Waals surface area contributed by atoms with Crippen molar-refractivity contribution in [3.63, 3.8) is 0 Å². The Kier molecular flexibility index (Phi) is 4.74. The standard InChI is InChI=1S/C29H21N4/c1-4-10-22(11-5-1)24-18-25(23-12-6-2-7-13-23)20-27(19-24)33-21-32(26-14-8-3-9-15-26)28-29(33)31-17-16-30-28/h1-21H/q+1. The number of nitrogens with zero attached hydrogens (tertiary/aromatic N) is 4. The summed E-state index contributed by atoms with van der Waals surface area (Å²) in [6.45, 7) is 0. The molecule has 156 valence electrons. The van der Waals surface area contributed by atoms with Crippen LogP contribution in [0.2, 0.25) is 0 Å². The fourth-order valence-corrected chi connectivity index (χ4v) is 4.20. The normalized spacial score (nSPS) is 11.0. The number of rotatable bonds is 4. The monoisotopic (exact) mass is 425 g/mol. The van der Waals surface area contributed by atoms with E-state index in [4.69, 9.17) is 0 Å². The molecule has 4 aromatic carbocycles. The van der Waals surface area contributed by atoms with Gasteiger partial charge in [-0.25, -0.2) is 9.55 Å². The molecule has 0 N–H and O–H groups in total. The predicted molar refractivity (Wildman–Crippen MR) is 131 cm³/mol. The molecule has 0 amide bonds. The van der Waals surface area contributed by atoms with Crippen molar-refractivity contribution < 1.29 is 4.57 Å². The van der Waals surface area contributed by atoms with E-state index in [1.165, 1.54) is 11.1 Å². The largest absolute Gasteiger partial charge is 0.327 e. The lowest BCUT2D eigenvalue weighted by molar-refractivity contribution is -0.570.